The summed E-state index contributed by atoms with van der Waals surface area (Å²) in [7, 11) is 0. The number of carbonyl (C=O) groups is 2. The van der Waals surface area contributed by atoms with Crippen LogP contribution < -0.4 is 0 Å². The van der Waals surface area contributed by atoms with Gasteiger partial charge in [0.05, 0.1) is 0 Å². The second-order valence-corrected chi connectivity index (χ2v) is 1.88. The smallest absolute Gasteiger partial charge is 0.334 e. The van der Waals surface area contributed by atoms with Crippen molar-refractivity contribution in [2.24, 2.45) is 5.92 Å². The van der Waals surface area contributed by atoms with Crippen LogP contribution in [0.15, 0.2) is 0 Å². The van der Waals surface area contributed by atoms with Crippen LogP contribution in [0, 0.1) is 5.92 Å². The molecule has 0 fully saturated rings. The van der Waals surface area contributed by atoms with Crippen LogP contribution >= 0.6 is 11.9 Å². The van der Waals surface area contributed by atoms with E-state index < -0.39 is 11.9 Å². The summed E-state index contributed by atoms with van der Waals surface area (Å²) in [5, 5.41) is 0. The molecule has 9 heavy (non-hydrogen) atoms. The van der Waals surface area contributed by atoms with Gasteiger partial charge in [-0.2, -0.15) is 0 Å². The van der Waals surface area contributed by atoms with Gasteiger partial charge in [-0.15, -0.1) is 0 Å². The maximum atomic E-state index is 10.4. The molecule has 0 saturated heterocycles. The molecule has 0 aromatic rings. The molecule has 0 radical (unpaired) electrons. The first-order valence-electron chi connectivity index (χ1n) is 2.42. The van der Waals surface area contributed by atoms with Crippen LogP contribution in [-0.2, 0) is 13.9 Å². The van der Waals surface area contributed by atoms with Crippen molar-refractivity contribution < 1.29 is 13.9 Å². The number of ketones is 1. The predicted molar refractivity (Wildman–Crippen MR) is 31.8 cm³/mol. The van der Waals surface area contributed by atoms with Crippen molar-refractivity contribution in [3.8, 4) is 0 Å². The summed E-state index contributed by atoms with van der Waals surface area (Å²) < 4.78 is 3.79. The molecule has 0 aliphatic heterocycles. The molecule has 3 nitrogen and oxygen atoms in total. The topological polar surface area (TPSA) is 43.4 Å². The zero-order valence-corrected chi connectivity index (χ0v) is 5.94. The summed E-state index contributed by atoms with van der Waals surface area (Å²) in [6, 6.07) is 0. The van der Waals surface area contributed by atoms with Gasteiger partial charge in [-0.05, 0) is 13.8 Å². The first kappa shape index (κ1) is 8.43. The molecule has 0 aromatic heterocycles. The fraction of sp³-hybridized carbons (Fsp3) is 0.600. The molecule has 0 amide bonds. The van der Waals surface area contributed by atoms with Gasteiger partial charge in [-0.25, -0.2) is 4.79 Å². The van der Waals surface area contributed by atoms with E-state index in [0.29, 0.717) is 0 Å². The van der Waals surface area contributed by atoms with Gasteiger partial charge in [0.25, 0.3) is 0 Å². The van der Waals surface area contributed by atoms with E-state index in [-0.39, 0.29) is 5.78 Å². The minimum atomic E-state index is -0.748. The van der Waals surface area contributed by atoms with Gasteiger partial charge in [-0.3, -0.25) is 4.79 Å². The molecule has 0 N–H and O–H groups in total. The molecule has 0 bridgehead atoms. The number of rotatable bonds is 2. The fourth-order valence-corrected chi connectivity index (χ4v) is 0.366. The van der Waals surface area contributed by atoms with Gasteiger partial charge in [0.2, 0.25) is 0 Å². The van der Waals surface area contributed by atoms with Gasteiger partial charge < -0.3 is 4.29 Å². The minimum absolute atomic E-state index is 0.249. The zero-order valence-electron chi connectivity index (χ0n) is 5.18. The molecule has 0 aliphatic carbocycles. The zero-order chi connectivity index (χ0) is 7.44. The standard InChI is InChI=1S/C5H7ClO3/c1-3(4(2)7)5(8)9-6/h3H,1-2H3. The molecular formula is C5H7ClO3. The summed E-state index contributed by atoms with van der Waals surface area (Å²) in [4.78, 5) is 20.8. The Balaban J connectivity index is 3.88. The number of carbonyl (C=O) groups excluding carboxylic acids is 2. The van der Waals surface area contributed by atoms with Gasteiger partial charge in [0.1, 0.15) is 23.6 Å². The lowest BCUT2D eigenvalue weighted by molar-refractivity contribution is -0.142. The van der Waals surface area contributed by atoms with Crippen molar-refractivity contribution >= 4 is 23.6 Å². The Hall–Kier alpha value is -0.570. The first-order chi connectivity index (χ1) is 4.09. The minimum Gasteiger partial charge on any atom is -0.347 e. The molecule has 4 heteroatoms. The van der Waals surface area contributed by atoms with Crippen LogP contribution in [0.4, 0.5) is 0 Å². The number of hydrogen-bond acceptors (Lipinski definition) is 3. The lowest BCUT2D eigenvalue weighted by Gasteiger charge is -1.99. The second-order valence-electron chi connectivity index (χ2n) is 1.73. The van der Waals surface area contributed by atoms with Crippen molar-refractivity contribution in [3.63, 3.8) is 0 Å². The SMILES string of the molecule is CC(=O)C(C)C(=O)OCl. The lowest BCUT2D eigenvalue weighted by Crippen LogP contribution is -2.17. The van der Waals surface area contributed by atoms with E-state index in [1.54, 1.807) is 0 Å². The highest BCUT2D eigenvalue weighted by molar-refractivity contribution is 6.15. The lowest BCUT2D eigenvalue weighted by atomic mass is 10.1. The Bertz CT molecular complexity index is 132. The molecule has 0 rings (SSSR count). The largest absolute Gasteiger partial charge is 0.347 e. The highest BCUT2D eigenvalue weighted by Gasteiger charge is 2.18. The molecule has 0 saturated carbocycles. The third kappa shape index (κ3) is 2.46. The highest BCUT2D eigenvalue weighted by Crippen LogP contribution is 2.00. The first-order valence-corrected chi connectivity index (χ1v) is 2.73. The Morgan fingerprint density at radius 3 is 2.11 bits per heavy atom. The molecular weight excluding hydrogens is 144 g/mol. The number of hydrogen-bond donors (Lipinski definition) is 0. The Labute approximate surface area is 58.1 Å². The number of halogens is 1. The van der Waals surface area contributed by atoms with Crippen molar-refractivity contribution in [1.82, 2.24) is 0 Å². The van der Waals surface area contributed by atoms with E-state index in [1.807, 2.05) is 0 Å². The Morgan fingerprint density at radius 1 is 1.56 bits per heavy atom. The average Bonchev–Trinajstić information content (AvgIpc) is 1.84. The monoisotopic (exact) mass is 150 g/mol. The molecule has 1 atom stereocenters. The molecule has 0 spiro atoms. The van der Waals surface area contributed by atoms with Gasteiger partial charge in [-0.1, -0.05) is 0 Å². The maximum Gasteiger partial charge on any atom is 0.334 e. The van der Waals surface area contributed by atoms with Crippen molar-refractivity contribution in [2.75, 3.05) is 0 Å². The van der Waals surface area contributed by atoms with Crippen molar-refractivity contribution in [2.45, 2.75) is 13.8 Å². The van der Waals surface area contributed by atoms with E-state index in [4.69, 9.17) is 0 Å². The normalized spacial score (nSPS) is 12.3. The third-order valence-corrected chi connectivity index (χ3v) is 1.19. The van der Waals surface area contributed by atoms with Crippen LogP contribution in [0.25, 0.3) is 0 Å². The van der Waals surface area contributed by atoms with Crippen molar-refractivity contribution in [3.05, 3.63) is 0 Å². The van der Waals surface area contributed by atoms with E-state index >= 15 is 0 Å². The average molecular weight is 151 g/mol. The number of Topliss-reactive ketones (excluding diaryl/α,β-unsaturated/α-hetero) is 1. The van der Waals surface area contributed by atoms with Gasteiger partial charge in [0, 0.05) is 0 Å². The fourth-order valence-electron chi connectivity index (χ4n) is 0.233. The van der Waals surface area contributed by atoms with E-state index in [2.05, 4.69) is 16.2 Å². The maximum absolute atomic E-state index is 10.4. The van der Waals surface area contributed by atoms with Gasteiger partial charge >= 0.3 is 5.97 Å². The molecule has 0 heterocycles. The molecule has 0 aliphatic rings. The second kappa shape index (κ2) is 3.45. The van der Waals surface area contributed by atoms with Crippen LogP contribution in [0.2, 0.25) is 0 Å². The molecule has 0 aromatic carbocycles. The van der Waals surface area contributed by atoms with Crippen LogP contribution in [0.3, 0.4) is 0 Å². The highest BCUT2D eigenvalue weighted by atomic mass is 35.5. The summed E-state index contributed by atoms with van der Waals surface area (Å²) in [6.45, 7) is 2.74. The summed E-state index contributed by atoms with van der Waals surface area (Å²) in [6.07, 6.45) is 0. The Morgan fingerprint density at radius 2 is 2.00 bits per heavy atom. The van der Waals surface area contributed by atoms with Crippen LogP contribution in [0.1, 0.15) is 13.8 Å². The molecule has 1 unspecified atom stereocenters. The van der Waals surface area contributed by atoms with Gasteiger partial charge in [0.15, 0.2) is 0 Å². The van der Waals surface area contributed by atoms with Crippen molar-refractivity contribution in [1.29, 1.82) is 0 Å². The predicted octanol–water partition coefficient (Wildman–Crippen LogP) is 0.908. The quantitative estimate of drug-likeness (QED) is 0.550. The van der Waals surface area contributed by atoms with E-state index in [1.165, 1.54) is 13.8 Å². The summed E-state index contributed by atoms with van der Waals surface area (Å²) >= 11 is 4.69. The van der Waals surface area contributed by atoms with Crippen LogP contribution in [-0.4, -0.2) is 11.8 Å². The summed E-state index contributed by atoms with van der Waals surface area (Å²) in [5.41, 5.74) is 0. The Kier molecular flexibility index (Phi) is 3.24. The summed E-state index contributed by atoms with van der Waals surface area (Å²) in [5.74, 6) is -1.70. The van der Waals surface area contributed by atoms with Crippen LogP contribution in [0.5, 0.6) is 0 Å². The molecule has 52 valence electrons. The van der Waals surface area contributed by atoms with E-state index in [0.717, 1.165) is 0 Å². The van der Waals surface area contributed by atoms with E-state index in [9.17, 15) is 9.59 Å². The third-order valence-electron chi connectivity index (χ3n) is 1.04.